The van der Waals surface area contributed by atoms with Crippen molar-refractivity contribution in [3.05, 3.63) is 24.3 Å². The molecule has 0 spiro atoms. The topological polar surface area (TPSA) is 200 Å². The van der Waals surface area contributed by atoms with Crippen molar-refractivity contribution in [3.8, 4) is 5.95 Å². The number of amides is 1. The van der Waals surface area contributed by atoms with Crippen LogP contribution in [-0.4, -0.2) is 75.4 Å². The highest BCUT2D eigenvalue weighted by Crippen LogP contribution is 2.32. The van der Waals surface area contributed by atoms with E-state index < -0.39 is 37.1 Å². The van der Waals surface area contributed by atoms with E-state index in [0.717, 1.165) is 0 Å². The minimum atomic E-state index is -1.31. The molecule has 142 valence electrons. The van der Waals surface area contributed by atoms with Gasteiger partial charge in [-0.1, -0.05) is 0 Å². The van der Waals surface area contributed by atoms with Crippen molar-refractivity contribution in [1.29, 1.82) is 0 Å². The number of primary amides is 1. The molecule has 1 aliphatic rings. The van der Waals surface area contributed by atoms with Crippen molar-refractivity contribution in [2.75, 3.05) is 12.3 Å². The number of imidazole rings is 1. The summed E-state index contributed by atoms with van der Waals surface area (Å²) >= 11 is 0. The average molecular weight is 376 g/mol. The van der Waals surface area contributed by atoms with Crippen molar-refractivity contribution in [2.24, 2.45) is 5.73 Å². The number of ether oxygens (including phenoxy) is 1. The molecule has 0 aromatic carbocycles. The number of rotatable bonds is 4. The first-order chi connectivity index (χ1) is 12.9. The third kappa shape index (κ3) is 2.69. The predicted octanol–water partition coefficient (Wildman–Crippen LogP) is -2.70. The van der Waals surface area contributed by atoms with E-state index in [1.54, 1.807) is 0 Å². The van der Waals surface area contributed by atoms with E-state index in [1.807, 2.05) is 0 Å². The van der Waals surface area contributed by atoms with Gasteiger partial charge in [-0.3, -0.25) is 9.36 Å². The van der Waals surface area contributed by atoms with Crippen LogP contribution in [0, 0.1) is 0 Å². The standard InChI is InChI=1S/C14H16N8O5/c15-10-7-12(20-14(19-10)22-2-5(1-18-22)11(16)26)21(4-17-7)13-9(25)8(24)6(3-23)27-13/h1-2,4,6,8-9,13,23-25H,3H2,(H2,16,26)(H2,15,19,20)/t6-,8-,9-,13?/m1/s1. The Kier molecular flexibility index (Phi) is 4.00. The first kappa shape index (κ1) is 17.3. The number of nitrogens with two attached hydrogens (primary N) is 2. The molecule has 3 aromatic rings. The average Bonchev–Trinajstić information content (AvgIpc) is 3.34. The van der Waals surface area contributed by atoms with E-state index in [9.17, 15) is 20.1 Å². The second-order valence-corrected chi connectivity index (χ2v) is 6.00. The molecule has 1 aliphatic heterocycles. The molecule has 13 heteroatoms. The Morgan fingerprint density at radius 1 is 1.30 bits per heavy atom. The summed E-state index contributed by atoms with van der Waals surface area (Å²) in [7, 11) is 0. The molecule has 13 nitrogen and oxygen atoms in total. The van der Waals surface area contributed by atoms with Crippen LogP contribution in [0.15, 0.2) is 18.7 Å². The summed E-state index contributed by atoms with van der Waals surface area (Å²) in [5, 5.41) is 33.4. The number of anilines is 1. The van der Waals surface area contributed by atoms with Crippen LogP contribution in [0.1, 0.15) is 16.6 Å². The lowest BCUT2D eigenvalue weighted by Crippen LogP contribution is -2.33. The normalized spacial score (nSPS) is 25.3. The third-order valence-corrected chi connectivity index (χ3v) is 4.30. The largest absolute Gasteiger partial charge is 0.394 e. The lowest BCUT2D eigenvalue weighted by molar-refractivity contribution is -0.0511. The second-order valence-electron chi connectivity index (χ2n) is 6.00. The maximum absolute atomic E-state index is 11.2. The molecule has 0 aliphatic carbocycles. The molecule has 1 fully saturated rings. The molecule has 27 heavy (non-hydrogen) atoms. The molecule has 1 amide bonds. The predicted molar refractivity (Wildman–Crippen MR) is 88.4 cm³/mol. The van der Waals surface area contributed by atoms with Crippen molar-refractivity contribution in [3.63, 3.8) is 0 Å². The van der Waals surface area contributed by atoms with Crippen molar-refractivity contribution >= 4 is 22.9 Å². The molecule has 7 N–H and O–H groups in total. The monoisotopic (exact) mass is 376 g/mol. The number of nitrogen functional groups attached to an aromatic ring is 1. The van der Waals surface area contributed by atoms with Gasteiger partial charge in [-0.15, -0.1) is 0 Å². The van der Waals surface area contributed by atoms with E-state index in [0.29, 0.717) is 0 Å². The molecule has 1 unspecified atom stereocenters. The van der Waals surface area contributed by atoms with E-state index in [-0.39, 0.29) is 28.5 Å². The van der Waals surface area contributed by atoms with E-state index in [4.69, 9.17) is 16.2 Å². The minimum Gasteiger partial charge on any atom is -0.394 e. The van der Waals surface area contributed by atoms with Crippen LogP contribution < -0.4 is 11.5 Å². The fourth-order valence-corrected chi connectivity index (χ4v) is 2.88. The van der Waals surface area contributed by atoms with Crippen LogP contribution in [0.4, 0.5) is 5.82 Å². The number of carbonyl (C=O) groups excluding carboxylic acids is 1. The Balaban J connectivity index is 1.80. The lowest BCUT2D eigenvalue weighted by Gasteiger charge is -2.16. The molecule has 1 saturated heterocycles. The zero-order chi connectivity index (χ0) is 19.3. The molecule has 4 atom stereocenters. The van der Waals surface area contributed by atoms with Crippen LogP contribution in [-0.2, 0) is 4.74 Å². The highest BCUT2D eigenvalue weighted by molar-refractivity contribution is 5.92. The van der Waals surface area contributed by atoms with Gasteiger partial charge in [0.2, 0.25) is 0 Å². The highest BCUT2D eigenvalue weighted by atomic mass is 16.6. The highest BCUT2D eigenvalue weighted by Gasteiger charge is 2.44. The van der Waals surface area contributed by atoms with Crippen LogP contribution in [0.3, 0.4) is 0 Å². The number of carbonyl (C=O) groups is 1. The summed E-state index contributed by atoms with van der Waals surface area (Å²) in [6.07, 6.45) is -0.650. The van der Waals surface area contributed by atoms with Gasteiger partial charge in [-0.05, 0) is 0 Å². The van der Waals surface area contributed by atoms with Gasteiger partial charge in [-0.25, -0.2) is 9.67 Å². The van der Waals surface area contributed by atoms with E-state index in [2.05, 4.69) is 20.1 Å². The molecular formula is C14H16N8O5. The first-order valence-electron chi connectivity index (χ1n) is 7.88. The maximum atomic E-state index is 11.2. The van der Waals surface area contributed by atoms with Gasteiger partial charge in [0.15, 0.2) is 17.7 Å². The van der Waals surface area contributed by atoms with Crippen molar-refractivity contribution < 1.29 is 24.9 Å². The van der Waals surface area contributed by atoms with Gasteiger partial charge in [0.05, 0.1) is 24.7 Å². The van der Waals surface area contributed by atoms with E-state index >= 15 is 0 Å². The zero-order valence-electron chi connectivity index (χ0n) is 13.7. The summed E-state index contributed by atoms with van der Waals surface area (Å²) in [5.41, 5.74) is 11.8. The number of fused-ring (bicyclic) bond motifs is 1. The number of aliphatic hydroxyl groups is 3. The smallest absolute Gasteiger partial charge is 0.254 e. The third-order valence-electron chi connectivity index (χ3n) is 4.30. The number of nitrogens with zero attached hydrogens (tertiary/aromatic N) is 6. The van der Waals surface area contributed by atoms with Crippen LogP contribution >= 0.6 is 0 Å². The van der Waals surface area contributed by atoms with Gasteiger partial charge in [0.25, 0.3) is 11.9 Å². The number of aromatic nitrogens is 6. The lowest BCUT2D eigenvalue weighted by atomic mass is 10.1. The van der Waals surface area contributed by atoms with Crippen LogP contribution in [0.2, 0.25) is 0 Å². The molecule has 0 radical (unpaired) electrons. The number of hydrogen-bond donors (Lipinski definition) is 5. The molecule has 0 saturated carbocycles. The maximum Gasteiger partial charge on any atom is 0.254 e. The second kappa shape index (κ2) is 6.24. The Morgan fingerprint density at radius 3 is 2.70 bits per heavy atom. The molecule has 4 rings (SSSR count). The summed E-state index contributed by atoms with van der Waals surface area (Å²) < 4.78 is 8.08. The molecular weight excluding hydrogens is 360 g/mol. The van der Waals surface area contributed by atoms with Gasteiger partial charge in [0, 0.05) is 6.20 Å². The summed E-state index contributed by atoms with van der Waals surface area (Å²) in [5.74, 6) is -0.579. The molecule has 3 aromatic heterocycles. The summed E-state index contributed by atoms with van der Waals surface area (Å²) in [4.78, 5) is 23.8. The summed E-state index contributed by atoms with van der Waals surface area (Å²) in [6, 6.07) is 0. The van der Waals surface area contributed by atoms with Gasteiger partial charge >= 0.3 is 0 Å². The van der Waals surface area contributed by atoms with Crippen LogP contribution in [0.25, 0.3) is 17.1 Å². The van der Waals surface area contributed by atoms with Crippen molar-refractivity contribution in [2.45, 2.75) is 24.5 Å². The number of aliphatic hydroxyl groups excluding tert-OH is 3. The van der Waals surface area contributed by atoms with E-state index in [1.165, 1.54) is 28.0 Å². The minimum absolute atomic E-state index is 0.0385. The molecule has 4 heterocycles. The van der Waals surface area contributed by atoms with Gasteiger partial charge < -0.3 is 31.5 Å². The fourth-order valence-electron chi connectivity index (χ4n) is 2.88. The van der Waals surface area contributed by atoms with Crippen LogP contribution in [0.5, 0.6) is 0 Å². The van der Waals surface area contributed by atoms with Gasteiger partial charge in [0.1, 0.15) is 23.8 Å². The molecule has 0 bridgehead atoms. The Hall–Kier alpha value is -3.13. The fraction of sp³-hybridized carbons (Fsp3) is 0.357. The number of hydrogen-bond acceptors (Lipinski definition) is 10. The first-order valence-corrected chi connectivity index (χ1v) is 7.88. The Morgan fingerprint density at radius 2 is 2.07 bits per heavy atom. The Bertz CT molecular complexity index is 1020. The Labute approximate surface area is 150 Å². The van der Waals surface area contributed by atoms with Gasteiger partial charge in [-0.2, -0.15) is 15.1 Å². The SMILES string of the molecule is NC(=O)c1cnn(-c2nc(N)c3ncn(C4O[C@H](CO)[C@@H](O)[C@H]4O)c3n2)c1. The zero-order valence-corrected chi connectivity index (χ0v) is 13.7. The summed E-state index contributed by atoms with van der Waals surface area (Å²) in [6.45, 7) is -0.465. The quantitative estimate of drug-likeness (QED) is 0.319. The van der Waals surface area contributed by atoms with Crippen molar-refractivity contribution in [1.82, 2.24) is 29.3 Å².